The van der Waals surface area contributed by atoms with Gasteiger partial charge in [-0.15, -0.1) is 0 Å². The molecule has 0 fully saturated rings. The van der Waals surface area contributed by atoms with Gasteiger partial charge in [0.25, 0.3) is 0 Å². The van der Waals surface area contributed by atoms with Crippen molar-refractivity contribution in [3.63, 3.8) is 0 Å². The summed E-state index contributed by atoms with van der Waals surface area (Å²) >= 11 is 0. The molecule has 0 N–H and O–H groups in total. The van der Waals surface area contributed by atoms with Gasteiger partial charge in [-0.2, -0.15) is 0 Å². The number of nitrogens with zero attached hydrogens (tertiary/aromatic N) is 1. The first kappa shape index (κ1) is 14.3. The molecule has 1 atom stereocenters. The predicted octanol–water partition coefficient (Wildman–Crippen LogP) is 3.38. The molecule has 0 aromatic heterocycles. The first-order chi connectivity index (χ1) is 9.72. The van der Waals surface area contributed by atoms with Crippen LogP contribution >= 0.6 is 0 Å². The number of benzene rings is 2. The quantitative estimate of drug-likeness (QED) is 0.779. The molecule has 0 spiro atoms. The first-order valence-corrected chi connectivity index (χ1v) is 6.61. The maximum absolute atomic E-state index is 12.0. The second kappa shape index (κ2) is 6.87. The lowest BCUT2D eigenvalue weighted by Crippen LogP contribution is -2.33. The SMILES string of the molecule is COC(c1ccccc1)N(Cc1ccccc1)C(C)=O. The maximum atomic E-state index is 12.0. The van der Waals surface area contributed by atoms with Crippen LogP contribution in [0.25, 0.3) is 0 Å². The Labute approximate surface area is 119 Å². The highest BCUT2D eigenvalue weighted by atomic mass is 16.5. The van der Waals surface area contributed by atoms with Gasteiger partial charge in [0.15, 0.2) is 6.23 Å². The maximum Gasteiger partial charge on any atom is 0.222 e. The lowest BCUT2D eigenvalue weighted by atomic mass is 10.1. The molecule has 0 radical (unpaired) electrons. The fraction of sp³-hybridized carbons (Fsp3) is 0.235. The van der Waals surface area contributed by atoms with Crippen molar-refractivity contribution in [1.29, 1.82) is 0 Å². The lowest BCUT2D eigenvalue weighted by molar-refractivity contribution is -0.143. The Morgan fingerprint density at radius 2 is 1.60 bits per heavy atom. The summed E-state index contributed by atoms with van der Waals surface area (Å²) in [5, 5.41) is 0. The third-order valence-corrected chi connectivity index (χ3v) is 3.19. The summed E-state index contributed by atoms with van der Waals surface area (Å²) < 4.78 is 5.54. The Morgan fingerprint density at radius 3 is 2.10 bits per heavy atom. The van der Waals surface area contributed by atoms with Gasteiger partial charge in [0.2, 0.25) is 5.91 Å². The van der Waals surface area contributed by atoms with Crippen LogP contribution in [0.2, 0.25) is 0 Å². The van der Waals surface area contributed by atoms with Crippen molar-refractivity contribution < 1.29 is 9.53 Å². The third-order valence-electron chi connectivity index (χ3n) is 3.19. The molecule has 0 aliphatic rings. The molecule has 0 saturated carbocycles. The van der Waals surface area contributed by atoms with Crippen molar-refractivity contribution in [2.24, 2.45) is 0 Å². The molecule has 0 aliphatic heterocycles. The highest BCUT2D eigenvalue weighted by Gasteiger charge is 2.22. The summed E-state index contributed by atoms with van der Waals surface area (Å²) in [7, 11) is 1.62. The number of carbonyl (C=O) groups is 1. The van der Waals surface area contributed by atoms with Crippen LogP contribution in [-0.2, 0) is 16.1 Å². The number of ether oxygens (including phenoxy) is 1. The van der Waals surface area contributed by atoms with Crippen molar-refractivity contribution in [2.75, 3.05) is 7.11 Å². The average Bonchev–Trinajstić information content (AvgIpc) is 2.49. The van der Waals surface area contributed by atoms with Crippen LogP contribution in [0.15, 0.2) is 60.7 Å². The summed E-state index contributed by atoms with van der Waals surface area (Å²) in [6, 6.07) is 19.7. The van der Waals surface area contributed by atoms with E-state index >= 15 is 0 Å². The fourth-order valence-electron chi connectivity index (χ4n) is 2.20. The van der Waals surface area contributed by atoms with Crippen molar-refractivity contribution in [3.05, 3.63) is 71.8 Å². The Bertz CT molecular complexity index is 539. The van der Waals surface area contributed by atoms with Crippen molar-refractivity contribution in [1.82, 2.24) is 4.90 Å². The minimum absolute atomic E-state index is 0.00967. The molecule has 104 valence electrons. The van der Waals surface area contributed by atoms with E-state index in [1.54, 1.807) is 18.9 Å². The van der Waals surface area contributed by atoms with Gasteiger partial charge in [0.1, 0.15) is 0 Å². The van der Waals surface area contributed by atoms with Gasteiger partial charge in [-0.25, -0.2) is 0 Å². The summed E-state index contributed by atoms with van der Waals surface area (Å²) in [4.78, 5) is 13.7. The number of hydrogen-bond donors (Lipinski definition) is 0. The van der Waals surface area contributed by atoms with Crippen LogP contribution in [0, 0.1) is 0 Å². The molecule has 1 unspecified atom stereocenters. The van der Waals surface area contributed by atoms with Gasteiger partial charge < -0.3 is 9.64 Å². The van der Waals surface area contributed by atoms with E-state index in [1.165, 1.54) is 0 Å². The van der Waals surface area contributed by atoms with Crippen LogP contribution in [0.3, 0.4) is 0 Å². The van der Waals surface area contributed by atoms with E-state index in [2.05, 4.69) is 0 Å². The summed E-state index contributed by atoms with van der Waals surface area (Å²) in [5.74, 6) is -0.00967. The molecule has 0 saturated heterocycles. The molecule has 2 aromatic carbocycles. The zero-order chi connectivity index (χ0) is 14.4. The number of hydrogen-bond acceptors (Lipinski definition) is 2. The van der Waals surface area contributed by atoms with E-state index in [0.717, 1.165) is 11.1 Å². The van der Waals surface area contributed by atoms with Gasteiger partial charge >= 0.3 is 0 Å². The van der Waals surface area contributed by atoms with Crippen molar-refractivity contribution in [3.8, 4) is 0 Å². The van der Waals surface area contributed by atoms with Crippen molar-refractivity contribution >= 4 is 5.91 Å². The Balaban J connectivity index is 2.25. The topological polar surface area (TPSA) is 29.5 Å². The Kier molecular flexibility index (Phi) is 4.91. The fourth-order valence-corrected chi connectivity index (χ4v) is 2.20. The van der Waals surface area contributed by atoms with Gasteiger partial charge in [-0.1, -0.05) is 60.7 Å². The number of rotatable bonds is 5. The van der Waals surface area contributed by atoms with E-state index in [1.807, 2.05) is 60.7 Å². The molecule has 20 heavy (non-hydrogen) atoms. The van der Waals surface area contributed by atoms with E-state index in [-0.39, 0.29) is 12.1 Å². The number of carbonyl (C=O) groups excluding carboxylic acids is 1. The van der Waals surface area contributed by atoms with E-state index < -0.39 is 0 Å². The molecule has 3 heteroatoms. The molecule has 0 aliphatic carbocycles. The largest absolute Gasteiger partial charge is 0.357 e. The van der Waals surface area contributed by atoms with E-state index in [4.69, 9.17) is 4.74 Å². The normalized spacial score (nSPS) is 11.9. The summed E-state index contributed by atoms with van der Waals surface area (Å²) in [6.45, 7) is 2.10. The Morgan fingerprint density at radius 1 is 1.05 bits per heavy atom. The van der Waals surface area contributed by atoms with Crippen molar-refractivity contribution in [2.45, 2.75) is 19.7 Å². The summed E-state index contributed by atoms with van der Waals surface area (Å²) in [6.07, 6.45) is -0.367. The monoisotopic (exact) mass is 269 g/mol. The molecular weight excluding hydrogens is 250 g/mol. The Hall–Kier alpha value is -2.13. The number of amides is 1. The van der Waals surface area contributed by atoms with Gasteiger partial charge in [0, 0.05) is 26.1 Å². The molecule has 0 bridgehead atoms. The summed E-state index contributed by atoms with van der Waals surface area (Å²) in [5.41, 5.74) is 2.06. The molecule has 0 heterocycles. The van der Waals surface area contributed by atoms with Crippen LogP contribution < -0.4 is 0 Å². The molecule has 1 amide bonds. The zero-order valence-corrected chi connectivity index (χ0v) is 11.8. The third kappa shape index (κ3) is 3.45. The van der Waals surface area contributed by atoms with Gasteiger partial charge in [-0.3, -0.25) is 4.79 Å². The highest BCUT2D eigenvalue weighted by molar-refractivity contribution is 5.73. The molecule has 2 aromatic rings. The molecular formula is C17H19NO2. The second-order valence-corrected chi connectivity index (χ2v) is 4.63. The van der Waals surface area contributed by atoms with Gasteiger partial charge in [0.05, 0.1) is 0 Å². The average molecular weight is 269 g/mol. The van der Waals surface area contributed by atoms with Crippen LogP contribution in [0.5, 0.6) is 0 Å². The second-order valence-electron chi connectivity index (χ2n) is 4.63. The zero-order valence-electron chi connectivity index (χ0n) is 11.8. The predicted molar refractivity (Wildman–Crippen MR) is 78.9 cm³/mol. The standard InChI is InChI=1S/C17H19NO2/c1-14(19)18(13-15-9-5-3-6-10-15)17(20-2)16-11-7-4-8-12-16/h3-12,17H,13H2,1-2H3. The minimum Gasteiger partial charge on any atom is -0.357 e. The lowest BCUT2D eigenvalue weighted by Gasteiger charge is -2.30. The van der Waals surface area contributed by atoms with Crippen LogP contribution in [-0.4, -0.2) is 17.9 Å². The highest BCUT2D eigenvalue weighted by Crippen LogP contribution is 2.23. The number of methoxy groups -OCH3 is 1. The van der Waals surface area contributed by atoms with Crippen LogP contribution in [0.1, 0.15) is 24.3 Å². The molecule has 2 rings (SSSR count). The smallest absolute Gasteiger partial charge is 0.222 e. The first-order valence-electron chi connectivity index (χ1n) is 6.61. The van der Waals surface area contributed by atoms with Crippen LogP contribution in [0.4, 0.5) is 0 Å². The minimum atomic E-state index is -0.367. The van der Waals surface area contributed by atoms with E-state index in [9.17, 15) is 4.79 Å². The molecule has 3 nitrogen and oxygen atoms in total. The van der Waals surface area contributed by atoms with E-state index in [0.29, 0.717) is 6.54 Å². The van der Waals surface area contributed by atoms with Gasteiger partial charge in [-0.05, 0) is 5.56 Å².